The first-order chi connectivity index (χ1) is 10.2. The maximum absolute atomic E-state index is 12.8. The maximum atomic E-state index is 12.8. The number of allylic oxidation sites excluding steroid dienone is 2. The van der Waals surface area contributed by atoms with Gasteiger partial charge in [-0.05, 0) is 41.7 Å². The van der Waals surface area contributed by atoms with Gasteiger partial charge in [-0.2, -0.15) is 0 Å². The SMILES string of the molecule is O=C1[C@@H]2[C@H](C(=O)N1Cc1cccnc1)[C@@H]1C=C[C@H]2C12CC2. The van der Waals surface area contributed by atoms with Crippen LogP contribution in [0.25, 0.3) is 0 Å². The molecule has 1 aliphatic heterocycles. The number of carbonyl (C=O) groups is 2. The molecule has 2 saturated carbocycles. The van der Waals surface area contributed by atoms with E-state index in [1.807, 2.05) is 12.1 Å². The zero-order chi connectivity index (χ0) is 14.2. The van der Waals surface area contributed by atoms with Gasteiger partial charge in [0.05, 0.1) is 18.4 Å². The Labute approximate surface area is 122 Å². The van der Waals surface area contributed by atoms with Crippen molar-refractivity contribution in [2.75, 3.05) is 0 Å². The molecule has 2 bridgehead atoms. The smallest absolute Gasteiger partial charge is 0.234 e. The quantitative estimate of drug-likeness (QED) is 0.613. The van der Waals surface area contributed by atoms with E-state index >= 15 is 0 Å². The normalized spacial score (nSPS) is 37.6. The molecular weight excluding hydrogens is 264 g/mol. The van der Waals surface area contributed by atoms with Gasteiger partial charge < -0.3 is 0 Å². The lowest BCUT2D eigenvalue weighted by Crippen LogP contribution is -2.34. The number of nitrogens with zero attached hydrogens (tertiary/aromatic N) is 2. The molecular formula is C17H16N2O2. The molecule has 0 unspecified atom stereocenters. The fourth-order valence-corrected chi connectivity index (χ4v) is 4.97. The average Bonchev–Trinajstić information content (AvgIpc) is 3.11. The number of hydrogen-bond acceptors (Lipinski definition) is 3. The fourth-order valence-electron chi connectivity index (χ4n) is 4.97. The van der Waals surface area contributed by atoms with Crippen LogP contribution in [0.2, 0.25) is 0 Å². The minimum absolute atomic E-state index is 0.0389. The summed E-state index contributed by atoms with van der Waals surface area (Å²) in [6.45, 7) is 0.366. The second kappa shape index (κ2) is 3.62. The number of aromatic nitrogens is 1. The number of carbonyl (C=O) groups excluding carboxylic acids is 2. The van der Waals surface area contributed by atoms with E-state index in [1.54, 1.807) is 12.4 Å². The molecule has 1 aromatic rings. The molecule has 4 atom stereocenters. The number of fused-ring (bicyclic) bond motifs is 3. The third-order valence-electron chi connectivity index (χ3n) is 6.01. The minimum Gasteiger partial charge on any atom is -0.278 e. The highest BCUT2D eigenvalue weighted by Crippen LogP contribution is 2.73. The Morgan fingerprint density at radius 1 is 1.14 bits per heavy atom. The number of rotatable bonds is 2. The molecule has 4 aliphatic rings. The monoisotopic (exact) mass is 280 g/mol. The van der Waals surface area contributed by atoms with E-state index in [0.29, 0.717) is 18.4 Å². The van der Waals surface area contributed by atoms with Crippen LogP contribution in [-0.2, 0) is 16.1 Å². The van der Waals surface area contributed by atoms with Crippen molar-refractivity contribution < 1.29 is 9.59 Å². The Balaban J connectivity index is 1.48. The fraction of sp³-hybridized carbons (Fsp3) is 0.471. The van der Waals surface area contributed by atoms with Crippen LogP contribution >= 0.6 is 0 Å². The van der Waals surface area contributed by atoms with Gasteiger partial charge >= 0.3 is 0 Å². The summed E-state index contributed by atoms with van der Waals surface area (Å²) in [6.07, 6.45) is 10.2. The molecule has 3 aliphatic carbocycles. The minimum atomic E-state index is -0.0910. The van der Waals surface area contributed by atoms with Gasteiger partial charge in [0, 0.05) is 12.4 Å². The summed E-state index contributed by atoms with van der Waals surface area (Å²) < 4.78 is 0. The Morgan fingerprint density at radius 3 is 2.33 bits per heavy atom. The molecule has 2 heterocycles. The molecule has 21 heavy (non-hydrogen) atoms. The molecule has 5 rings (SSSR count). The highest BCUT2D eigenvalue weighted by molar-refractivity contribution is 6.06. The zero-order valence-corrected chi connectivity index (χ0v) is 11.6. The van der Waals surface area contributed by atoms with E-state index < -0.39 is 0 Å². The van der Waals surface area contributed by atoms with Crippen molar-refractivity contribution in [3.05, 3.63) is 42.2 Å². The molecule has 0 radical (unpaired) electrons. The largest absolute Gasteiger partial charge is 0.278 e. The lowest BCUT2D eigenvalue weighted by molar-refractivity contribution is -0.141. The first kappa shape index (κ1) is 11.7. The molecule has 4 heteroatoms. The van der Waals surface area contributed by atoms with Gasteiger partial charge in [-0.1, -0.05) is 18.2 Å². The topological polar surface area (TPSA) is 50.3 Å². The van der Waals surface area contributed by atoms with E-state index in [9.17, 15) is 9.59 Å². The number of hydrogen-bond donors (Lipinski definition) is 0. The van der Waals surface area contributed by atoms with E-state index in [2.05, 4.69) is 17.1 Å². The summed E-state index contributed by atoms with van der Waals surface area (Å²) in [7, 11) is 0. The highest BCUT2D eigenvalue weighted by atomic mass is 16.2. The number of pyridine rings is 1. The van der Waals surface area contributed by atoms with Crippen LogP contribution in [0.1, 0.15) is 18.4 Å². The average molecular weight is 280 g/mol. The van der Waals surface area contributed by atoms with Crippen LogP contribution < -0.4 is 0 Å². The number of likely N-dealkylation sites (tertiary alicyclic amines) is 1. The van der Waals surface area contributed by atoms with Crippen molar-refractivity contribution in [3.63, 3.8) is 0 Å². The summed E-state index contributed by atoms with van der Waals surface area (Å²) in [4.78, 5) is 31.0. The van der Waals surface area contributed by atoms with Crippen molar-refractivity contribution in [2.24, 2.45) is 29.1 Å². The first-order valence-electron chi connectivity index (χ1n) is 7.65. The maximum Gasteiger partial charge on any atom is 0.234 e. The summed E-state index contributed by atoms with van der Waals surface area (Å²) in [5.41, 5.74) is 1.20. The molecule has 1 spiro atoms. The first-order valence-corrected chi connectivity index (χ1v) is 7.65. The second-order valence-electron chi connectivity index (χ2n) is 6.85. The molecule has 0 aromatic carbocycles. The van der Waals surface area contributed by atoms with E-state index in [1.165, 1.54) is 17.7 Å². The van der Waals surface area contributed by atoms with Crippen molar-refractivity contribution in [1.29, 1.82) is 0 Å². The standard InChI is InChI=1S/C17H16N2O2/c20-15-13-11-3-4-12(17(11)5-6-17)14(13)16(21)19(15)9-10-2-1-7-18-8-10/h1-4,7-8,11-14H,5-6,9H2/t11-,12+,13+,14-. The van der Waals surface area contributed by atoms with Crippen LogP contribution in [0.3, 0.4) is 0 Å². The molecule has 0 N–H and O–H groups in total. The van der Waals surface area contributed by atoms with Gasteiger partial charge in [-0.3, -0.25) is 19.5 Å². The highest BCUT2D eigenvalue weighted by Gasteiger charge is 2.73. The van der Waals surface area contributed by atoms with Crippen molar-refractivity contribution >= 4 is 11.8 Å². The lowest BCUT2D eigenvalue weighted by Gasteiger charge is -2.21. The van der Waals surface area contributed by atoms with Crippen LogP contribution in [0.5, 0.6) is 0 Å². The van der Waals surface area contributed by atoms with Gasteiger partial charge in [0.2, 0.25) is 11.8 Å². The lowest BCUT2D eigenvalue weighted by atomic mass is 9.85. The van der Waals surface area contributed by atoms with E-state index in [4.69, 9.17) is 0 Å². The summed E-state index contributed by atoms with van der Waals surface area (Å²) in [5.74, 6) is 0.512. The van der Waals surface area contributed by atoms with Gasteiger partial charge in [0.1, 0.15) is 0 Å². The zero-order valence-electron chi connectivity index (χ0n) is 11.6. The van der Waals surface area contributed by atoms with Gasteiger partial charge in [-0.15, -0.1) is 0 Å². The summed E-state index contributed by atoms with van der Waals surface area (Å²) in [5, 5.41) is 0. The van der Waals surface area contributed by atoms with Gasteiger partial charge in [-0.25, -0.2) is 0 Å². The third kappa shape index (κ3) is 1.29. The van der Waals surface area contributed by atoms with Crippen molar-refractivity contribution in [1.82, 2.24) is 9.88 Å². The van der Waals surface area contributed by atoms with Crippen LogP contribution in [0.4, 0.5) is 0 Å². The van der Waals surface area contributed by atoms with Crippen LogP contribution in [0.15, 0.2) is 36.7 Å². The van der Waals surface area contributed by atoms with E-state index in [0.717, 1.165) is 5.56 Å². The Kier molecular flexibility index (Phi) is 2.01. The molecule has 106 valence electrons. The molecule has 3 fully saturated rings. The molecule has 2 amide bonds. The second-order valence-corrected chi connectivity index (χ2v) is 6.85. The van der Waals surface area contributed by atoms with Gasteiger partial charge in [0.25, 0.3) is 0 Å². The van der Waals surface area contributed by atoms with Crippen LogP contribution in [-0.4, -0.2) is 21.7 Å². The Hall–Kier alpha value is -1.97. The Morgan fingerprint density at radius 2 is 1.81 bits per heavy atom. The van der Waals surface area contributed by atoms with Crippen molar-refractivity contribution in [3.8, 4) is 0 Å². The van der Waals surface area contributed by atoms with Crippen molar-refractivity contribution in [2.45, 2.75) is 19.4 Å². The third-order valence-corrected chi connectivity index (χ3v) is 6.01. The van der Waals surface area contributed by atoms with Gasteiger partial charge in [0.15, 0.2) is 0 Å². The van der Waals surface area contributed by atoms with Crippen LogP contribution in [0, 0.1) is 29.1 Å². The summed E-state index contributed by atoms with van der Waals surface area (Å²) in [6, 6.07) is 3.75. The molecule has 4 nitrogen and oxygen atoms in total. The predicted molar refractivity (Wildman–Crippen MR) is 74.6 cm³/mol. The molecule has 1 saturated heterocycles. The predicted octanol–water partition coefficient (Wildman–Crippen LogP) is 1.78. The Bertz CT molecular complexity index is 643. The molecule has 1 aromatic heterocycles. The van der Waals surface area contributed by atoms with E-state index in [-0.39, 0.29) is 29.1 Å². The number of amides is 2. The summed E-state index contributed by atoms with van der Waals surface area (Å²) >= 11 is 0. The number of imide groups is 1.